The van der Waals surface area contributed by atoms with Gasteiger partial charge in [0.2, 0.25) is 0 Å². The van der Waals surface area contributed by atoms with Crippen LogP contribution in [0.5, 0.6) is 0 Å². The Morgan fingerprint density at radius 1 is 1.38 bits per heavy atom. The summed E-state index contributed by atoms with van der Waals surface area (Å²) in [5.74, 6) is 0.138. The summed E-state index contributed by atoms with van der Waals surface area (Å²) in [6.07, 6.45) is 3.61. The summed E-state index contributed by atoms with van der Waals surface area (Å²) in [7, 11) is 0. The molecule has 1 aromatic carbocycles. The molecule has 1 saturated heterocycles. The van der Waals surface area contributed by atoms with Crippen molar-refractivity contribution in [3.8, 4) is 0 Å². The van der Waals surface area contributed by atoms with Crippen molar-refractivity contribution < 1.29 is 37.2 Å². The SMILES string of the molecule is [CH-]1[C@@H]2COC[C@H]12.[Li+].[N-]=N/C(C(Cl)=NCc1c(F)cccc1F)=C(/N)[C-]=O. The molecule has 2 fully saturated rings. The fourth-order valence-electron chi connectivity index (χ4n) is 2.11. The van der Waals surface area contributed by atoms with E-state index >= 15 is 0 Å². The molecule has 26 heavy (non-hydrogen) atoms. The van der Waals surface area contributed by atoms with Crippen molar-refractivity contribution in [3.63, 3.8) is 0 Å². The number of ether oxygens (including phenoxy) is 1. The van der Waals surface area contributed by atoms with Gasteiger partial charge in [-0.1, -0.05) is 29.1 Å². The second-order valence-corrected chi connectivity index (χ2v) is 5.69. The molecule has 0 radical (unpaired) electrons. The Morgan fingerprint density at radius 2 is 1.96 bits per heavy atom. The van der Waals surface area contributed by atoms with E-state index in [1.54, 1.807) is 0 Å². The van der Waals surface area contributed by atoms with Crippen molar-refractivity contribution in [2.45, 2.75) is 6.54 Å². The molecular formula is C16H14ClF2LiN4O2-2. The predicted octanol–water partition coefficient (Wildman–Crippen LogP) is -0.125. The number of benzene rings is 1. The molecule has 0 spiro atoms. The Morgan fingerprint density at radius 3 is 2.35 bits per heavy atom. The number of carbonyl (C=O) groups excluding carboxylic acids is 1. The third-order valence-electron chi connectivity index (χ3n) is 3.62. The summed E-state index contributed by atoms with van der Waals surface area (Å²) in [6.45, 7) is 1.57. The van der Waals surface area contributed by atoms with Crippen LogP contribution in [0.4, 0.5) is 8.78 Å². The average molecular weight is 375 g/mol. The topological polar surface area (TPSA) is 99.3 Å². The molecule has 2 atom stereocenters. The molecule has 134 valence electrons. The minimum absolute atomic E-state index is 0. The van der Waals surface area contributed by atoms with Gasteiger partial charge in [0.25, 0.3) is 0 Å². The van der Waals surface area contributed by atoms with E-state index in [0.29, 0.717) is 0 Å². The number of rotatable bonds is 5. The normalized spacial score (nSPS) is 21.4. The van der Waals surface area contributed by atoms with E-state index in [0.717, 1.165) is 37.2 Å². The largest absolute Gasteiger partial charge is 1.00 e. The van der Waals surface area contributed by atoms with Crippen LogP contribution in [0.25, 0.3) is 5.53 Å². The van der Waals surface area contributed by atoms with E-state index in [4.69, 9.17) is 27.6 Å². The van der Waals surface area contributed by atoms with Gasteiger partial charge in [-0.3, -0.25) is 4.99 Å². The second kappa shape index (κ2) is 10.5. The molecule has 0 aromatic heterocycles. The summed E-state index contributed by atoms with van der Waals surface area (Å²) < 4.78 is 31.6. The Labute approximate surface area is 166 Å². The predicted molar refractivity (Wildman–Crippen MR) is 88.1 cm³/mol. The average Bonchev–Trinajstić information content (AvgIpc) is 3.20. The number of hydrogen-bond acceptors (Lipinski definition) is 5. The fourth-order valence-corrected chi connectivity index (χ4v) is 2.31. The molecule has 10 heteroatoms. The number of nitrogens with zero attached hydrogens (tertiary/aromatic N) is 3. The van der Waals surface area contributed by atoms with Crippen molar-refractivity contribution >= 4 is 23.1 Å². The van der Waals surface area contributed by atoms with Crippen LogP contribution in [-0.2, 0) is 16.1 Å². The van der Waals surface area contributed by atoms with Crippen LogP contribution < -0.4 is 24.6 Å². The van der Waals surface area contributed by atoms with E-state index in [2.05, 4.69) is 16.5 Å². The third kappa shape index (κ3) is 5.99. The first-order valence-electron chi connectivity index (χ1n) is 7.26. The number of hydrogen-bond donors (Lipinski definition) is 1. The maximum atomic E-state index is 13.3. The van der Waals surface area contributed by atoms with Gasteiger partial charge in [0, 0.05) is 25.1 Å². The van der Waals surface area contributed by atoms with Crippen molar-refractivity contribution in [2.24, 2.45) is 27.7 Å². The molecule has 0 amide bonds. The van der Waals surface area contributed by atoms with Crippen LogP contribution in [0.15, 0.2) is 39.7 Å². The van der Waals surface area contributed by atoms with Gasteiger partial charge >= 0.3 is 18.9 Å². The second-order valence-electron chi connectivity index (χ2n) is 5.33. The quantitative estimate of drug-likeness (QED) is 0.255. The molecule has 2 N–H and O–H groups in total. The molecule has 3 rings (SSSR count). The fraction of sp³-hybridized carbons (Fsp3) is 0.312. The van der Waals surface area contributed by atoms with E-state index in [-0.39, 0.29) is 24.4 Å². The van der Waals surface area contributed by atoms with E-state index in [1.165, 1.54) is 12.4 Å². The maximum absolute atomic E-state index is 13.3. The van der Waals surface area contributed by atoms with Gasteiger partial charge < -0.3 is 32.3 Å². The van der Waals surface area contributed by atoms with Crippen molar-refractivity contribution in [1.82, 2.24) is 0 Å². The van der Waals surface area contributed by atoms with Crippen molar-refractivity contribution in [2.75, 3.05) is 13.2 Å². The number of aliphatic imine (C=N–C) groups is 1. The first-order valence-corrected chi connectivity index (χ1v) is 7.64. The summed E-state index contributed by atoms with van der Waals surface area (Å²) >= 11 is 5.61. The Balaban J connectivity index is 0.000000398. The molecule has 6 nitrogen and oxygen atoms in total. The van der Waals surface area contributed by atoms with Crippen LogP contribution in [0, 0.1) is 29.9 Å². The first-order chi connectivity index (χ1) is 12.0. The maximum Gasteiger partial charge on any atom is 1.00 e. The molecule has 0 bridgehead atoms. The van der Waals surface area contributed by atoms with Crippen LogP contribution >= 0.6 is 11.6 Å². The van der Waals surface area contributed by atoms with Gasteiger partial charge in [0.1, 0.15) is 11.6 Å². The monoisotopic (exact) mass is 374 g/mol. The summed E-state index contributed by atoms with van der Waals surface area (Å²) in [5.41, 5.74) is 12.3. The Bertz CT molecular complexity index is 702. The van der Waals surface area contributed by atoms with Crippen LogP contribution in [-0.4, -0.2) is 24.7 Å². The zero-order valence-electron chi connectivity index (χ0n) is 14.0. The van der Waals surface area contributed by atoms with Gasteiger partial charge in [0.15, 0.2) is 0 Å². The number of allylic oxidation sites excluding steroid dienone is 2. The van der Waals surface area contributed by atoms with E-state index in [9.17, 15) is 13.6 Å². The van der Waals surface area contributed by atoms with Gasteiger partial charge in [-0.25, -0.2) is 8.78 Å². The molecule has 0 unspecified atom stereocenters. The zero-order valence-corrected chi connectivity index (χ0v) is 14.7. The Kier molecular flexibility index (Phi) is 9.09. The van der Waals surface area contributed by atoms with Gasteiger partial charge in [-0.15, -0.1) is 0 Å². The molecule has 1 aliphatic heterocycles. The van der Waals surface area contributed by atoms with Gasteiger partial charge in [-0.2, -0.15) is 11.8 Å². The van der Waals surface area contributed by atoms with Crippen molar-refractivity contribution in [3.05, 3.63) is 58.7 Å². The first kappa shape index (κ1) is 22.4. The summed E-state index contributed by atoms with van der Waals surface area (Å²) in [4.78, 5) is 13.9. The molecule has 2 aliphatic rings. The summed E-state index contributed by atoms with van der Waals surface area (Å²) in [5, 5.41) is 2.19. The minimum atomic E-state index is -0.797. The minimum Gasteiger partial charge on any atom is -0.727 e. The van der Waals surface area contributed by atoms with Crippen LogP contribution in [0.2, 0.25) is 0 Å². The zero-order chi connectivity index (χ0) is 18.4. The van der Waals surface area contributed by atoms with Crippen LogP contribution in [0.1, 0.15) is 5.56 Å². The molecule has 1 saturated carbocycles. The van der Waals surface area contributed by atoms with Gasteiger partial charge in [-0.05, 0) is 12.1 Å². The Hall–Kier alpha value is -1.59. The van der Waals surface area contributed by atoms with E-state index < -0.39 is 34.7 Å². The summed E-state index contributed by atoms with van der Waals surface area (Å²) in [6, 6.07) is 3.32. The van der Waals surface area contributed by atoms with Gasteiger partial charge in [0.05, 0.1) is 11.7 Å². The van der Waals surface area contributed by atoms with E-state index in [1.807, 2.05) is 0 Å². The number of fused-ring (bicyclic) bond motifs is 1. The third-order valence-corrected chi connectivity index (χ3v) is 3.92. The van der Waals surface area contributed by atoms with Crippen molar-refractivity contribution in [1.29, 1.82) is 0 Å². The number of nitrogens with two attached hydrogens (primary N) is 1. The molecule has 1 heterocycles. The standard InChI is InChI=1S/C11H7ClF2N4O.C5H7O.Li/c12-11(10(18-16)9(15)5-19)17-4-6-7(13)2-1-3-8(6)14;1-4-2-6-3-5(1)4;/h1-3H,4,15H2;1,4-5H,2-3H2;/q-2;-1;+1/b10-9+,17-11?;;/t;4-,5+;. The molecule has 1 aromatic rings. The number of halogens is 3. The van der Waals surface area contributed by atoms with Crippen LogP contribution in [0.3, 0.4) is 0 Å². The smallest absolute Gasteiger partial charge is 0.727 e. The molecular weight excluding hydrogens is 361 g/mol. The molecule has 1 aliphatic carbocycles.